The molecule has 7 nitrogen and oxygen atoms in total. The number of likely N-dealkylation sites (tertiary alicyclic amines) is 1. The Labute approximate surface area is 232 Å². The summed E-state index contributed by atoms with van der Waals surface area (Å²) in [4.78, 5) is 33.3. The van der Waals surface area contributed by atoms with E-state index in [-0.39, 0.29) is 48.5 Å². The van der Waals surface area contributed by atoms with Crippen molar-refractivity contribution in [2.24, 2.45) is 5.92 Å². The number of nitrogens with one attached hydrogen (secondary N) is 2. The number of hydrogen-bond donors (Lipinski definition) is 2. The molecule has 4 aliphatic rings. The number of fused-ring (bicyclic) bond motifs is 1. The maximum Gasteiger partial charge on any atom is 0.235 e. The van der Waals surface area contributed by atoms with Crippen molar-refractivity contribution in [1.29, 1.82) is 0 Å². The number of halogens is 3. The zero-order valence-electron chi connectivity index (χ0n) is 20.2. The van der Waals surface area contributed by atoms with Crippen molar-refractivity contribution in [2.45, 2.75) is 29.8 Å². The average Bonchev–Trinajstić information content (AvgIpc) is 3.47. The molecular formula is C26H30Cl2FN5O2S. The van der Waals surface area contributed by atoms with Crippen LogP contribution in [0.3, 0.4) is 0 Å². The van der Waals surface area contributed by atoms with E-state index in [1.54, 1.807) is 6.07 Å². The molecule has 2 N–H and O–H groups in total. The van der Waals surface area contributed by atoms with Gasteiger partial charge in [0.2, 0.25) is 5.91 Å². The van der Waals surface area contributed by atoms with E-state index in [0.717, 1.165) is 66.3 Å². The number of benzene rings is 1. The van der Waals surface area contributed by atoms with Gasteiger partial charge in [-0.25, -0.2) is 9.37 Å². The van der Waals surface area contributed by atoms with E-state index in [1.807, 2.05) is 30.4 Å². The summed E-state index contributed by atoms with van der Waals surface area (Å²) in [5, 5.41) is 6.37. The van der Waals surface area contributed by atoms with Crippen LogP contribution in [0.5, 0.6) is 0 Å². The minimum Gasteiger partial charge on any atom is -0.357 e. The van der Waals surface area contributed by atoms with Crippen LogP contribution in [0.1, 0.15) is 29.2 Å². The smallest absolute Gasteiger partial charge is 0.235 e. The summed E-state index contributed by atoms with van der Waals surface area (Å²) in [6, 6.07) is 7.09. The first kappa shape index (κ1) is 27.9. The maximum absolute atomic E-state index is 14.9. The summed E-state index contributed by atoms with van der Waals surface area (Å²) in [5.41, 5.74) is 3.59. The van der Waals surface area contributed by atoms with E-state index in [9.17, 15) is 14.0 Å². The highest BCUT2D eigenvalue weighted by molar-refractivity contribution is 8.00. The van der Waals surface area contributed by atoms with Crippen molar-refractivity contribution in [2.75, 3.05) is 48.7 Å². The standard InChI is InChI=1S/C26H28FN5O2S.2ClH/c27-21-5-2-17-1-4-20(14-33)32-13-18(24(21)25(17)32)12-31-8-7-16(11-31)9-28-10-19-3-6-22-26(29-19)30-23(34)15-35-22;;/h1-6,14,16,18,20,28H,7-13,15H2,(H,29,30,34);2*1H. The second-order valence-electron chi connectivity index (χ2n) is 9.77. The van der Waals surface area contributed by atoms with E-state index in [0.29, 0.717) is 30.6 Å². The third-order valence-electron chi connectivity index (χ3n) is 7.40. The van der Waals surface area contributed by atoms with Crippen molar-refractivity contribution >= 4 is 66.4 Å². The molecule has 0 bridgehead atoms. The SMILES string of the molecule is Cl.Cl.O=CC1C=Cc2ccc(F)c3c2N1CC3CN1CCC(CNCc2ccc3c(n2)NC(=O)CS3)C1. The lowest BCUT2D eigenvalue weighted by molar-refractivity contribution is -0.114. The number of pyridine rings is 1. The highest BCUT2D eigenvalue weighted by Gasteiger charge is 2.39. The van der Waals surface area contributed by atoms with Crippen molar-refractivity contribution in [1.82, 2.24) is 15.2 Å². The van der Waals surface area contributed by atoms with E-state index in [1.165, 1.54) is 11.8 Å². The fourth-order valence-electron chi connectivity index (χ4n) is 5.77. The summed E-state index contributed by atoms with van der Waals surface area (Å²) in [5.74, 6) is 1.52. The molecule has 1 saturated heterocycles. The van der Waals surface area contributed by atoms with Crippen LogP contribution in [0, 0.1) is 11.7 Å². The van der Waals surface area contributed by atoms with Crippen LogP contribution in [0.15, 0.2) is 35.2 Å². The Morgan fingerprint density at radius 3 is 2.92 bits per heavy atom. The second-order valence-corrected chi connectivity index (χ2v) is 10.8. The molecule has 198 valence electrons. The first-order valence-electron chi connectivity index (χ1n) is 12.2. The maximum atomic E-state index is 14.9. The summed E-state index contributed by atoms with van der Waals surface area (Å²) in [7, 11) is 0. The van der Waals surface area contributed by atoms with Gasteiger partial charge in [0.25, 0.3) is 0 Å². The summed E-state index contributed by atoms with van der Waals surface area (Å²) < 4.78 is 14.9. The number of anilines is 2. The third-order valence-corrected chi connectivity index (χ3v) is 8.45. The molecule has 1 amide bonds. The fourth-order valence-corrected chi connectivity index (χ4v) is 6.53. The number of hydrogen-bond acceptors (Lipinski definition) is 7. The first-order valence-corrected chi connectivity index (χ1v) is 13.2. The highest BCUT2D eigenvalue weighted by Crippen LogP contribution is 2.44. The van der Waals surface area contributed by atoms with Crippen LogP contribution in [-0.2, 0) is 16.1 Å². The molecule has 2 aromatic rings. The molecule has 0 saturated carbocycles. The molecule has 1 aromatic heterocycles. The Bertz CT molecular complexity index is 1220. The number of thioether (sulfide) groups is 1. The Morgan fingerprint density at radius 2 is 2.08 bits per heavy atom. The number of carbonyl (C=O) groups is 2. The molecule has 0 spiro atoms. The lowest BCUT2D eigenvalue weighted by Gasteiger charge is -2.29. The van der Waals surface area contributed by atoms with Crippen LogP contribution in [0.2, 0.25) is 0 Å². The van der Waals surface area contributed by atoms with Gasteiger partial charge in [-0.3, -0.25) is 4.79 Å². The van der Waals surface area contributed by atoms with Crippen LogP contribution in [0.4, 0.5) is 15.9 Å². The van der Waals surface area contributed by atoms with Crippen molar-refractivity contribution < 1.29 is 14.0 Å². The molecule has 6 rings (SSSR count). The molecule has 11 heteroatoms. The number of carbonyl (C=O) groups excluding carboxylic acids is 2. The van der Waals surface area contributed by atoms with Gasteiger partial charge in [-0.2, -0.15) is 0 Å². The molecule has 37 heavy (non-hydrogen) atoms. The van der Waals surface area contributed by atoms with Gasteiger partial charge in [-0.1, -0.05) is 12.2 Å². The molecule has 5 heterocycles. The zero-order chi connectivity index (χ0) is 23.9. The van der Waals surface area contributed by atoms with Gasteiger partial charge in [0, 0.05) is 37.7 Å². The van der Waals surface area contributed by atoms with Crippen molar-refractivity contribution in [3.05, 3.63) is 53.0 Å². The number of rotatable bonds is 7. The predicted molar refractivity (Wildman–Crippen MR) is 150 cm³/mol. The lowest BCUT2D eigenvalue weighted by atomic mass is 9.96. The van der Waals surface area contributed by atoms with Crippen LogP contribution >= 0.6 is 36.6 Å². The fraction of sp³-hybridized carbons (Fsp3) is 0.423. The number of amides is 1. The Hall–Kier alpha value is -2.17. The number of aldehydes is 1. The molecule has 0 aliphatic carbocycles. The predicted octanol–water partition coefficient (Wildman–Crippen LogP) is 3.72. The van der Waals surface area contributed by atoms with Crippen LogP contribution < -0.4 is 15.5 Å². The Kier molecular flexibility index (Phi) is 8.81. The van der Waals surface area contributed by atoms with Gasteiger partial charge < -0.3 is 25.2 Å². The molecule has 4 aliphatic heterocycles. The van der Waals surface area contributed by atoms with Gasteiger partial charge in [0.15, 0.2) is 0 Å². The highest BCUT2D eigenvalue weighted by atomic mass is 35.5. The molecule has 1 aromatic carbocycles. The normalized spacial score (nSPS) is 23.5. The quantitative estimate of drug-likeness (QED) is 0.495. The third kappa shape index (κ3) is 5.52. The van der Waals surface area contributed by atoms with Gasteiger partial charge in [-0.05, 0) is 55.3 Å². The van der Waals surface area contributed by atoms with Gasteiger partial charge in [0.1, 0.15) is 24.0 Å². The van der Waals surface area contributed by atoms with Crippen LogP contribution in [-0.4, -0.2) is 66.6 Å². The second kappa shape index (κ2) is 11.7. The Morgan fingerprint density at radius 1 is 1.22 bits per heavy atom. The van der Waals surface area contributed by atoms with E-state index < -0.39 is 0 Å². The number of aromatic nitrogens is 1. The van der Waals surface area contributed by atoms with Crippen molar-refractivity contribution in [3.8, 4) is 0 Å². The average molecular weight is 567 g/mol. The topological polar surface area (TPSA) is 77.6 Å². The largest absolute Gasteiger partial charge is 0.357 e. The van der Waals surface area contributed by atoms with E-state index in [4.69, 9.17) is 0 Å². The van der Waals surface area contributed by atoms with Crippen molar-refractivity contribution in [3.63, 3.8) is 0 Å². The lowest BCUT2D eigenvalue weighted by Crippen LogP contribution is -2.37. The Balaban J connectivity index is 0.00000160. The van der Waals surface area contributed by atoms with Gasteiger partial charge in [-0.15, -0.1) is 36.6 Å². The van der Waals surface area contributed by atoms with Gasteiger partial charge in [0.05, 0.1) is 22.0 Å². The minimum atomic E-state index is -0.312. The number of nitrogens with zero attached hydrogens (tertiary/aromatic N) is 3. The van der Waals surface area contributed by atoms with E-state index in [2.05, 4.69) is 25.4 Å². The molecule has 1 fully saturated rings. The minimum absolute atomic E-state index is 0. The molecule has 0 radical (unpaired) electrons. The van der Waals surface area contributed by atoms with E-state index >= 15 is 0 Å². The molecular weight excluding hydrogens is 536 g/mol. The molecule has 3 unspecified atom stereocenters. The molecule has 3 atom stereocenters. The zero-order valence-corrected chi connectivity index (χ0v) is 22.6. The summed E-state index contributed by atoms with van der Waals surface area (Å²) in [6.07, 6.45) is 5.89. The monoisotopic (exact) mass is 565 g/mol. The summed E-state index contributed by atoms with van der Waals surface area (Å²) >= 11 is 1.52. The first-order chi connectivity index (χ1) is 17.1. The van der Waals surface area contributed by atoms with Crippen LogP contribution in [0.25, 0.3) is 6.08 Å². The van der Waals surface area contributed by atoms with Gasteiger partial charge >= 0.3 is 0 Å². The summed E-state index contributed by atoms with van der Waals surface area (Å²) in [6.45, 7) is 4.99.